The quantitative estimate of drug-likeness (QED) is 0.761. The molecule has 0 spiro atoms. The van der Waals surface area contributed by atoms with Crippen LogP contribution < -0.4 is 0 Å². The highest BCUT2D eigenvalue weighted by Crippen LogP contribution is 2.46. The Morgan fingerprint density at radius 1 is 0.926 bits per heavy atom. The molecule has 0 unspecified atom stereocenters. The van der Waals surface area contributed by atoms with E-state index in [-0.39, 0.29) is 17.1 Å². The zero-order valence-electron chi connectivity index (χ0n) is 16.0. The summed E-state index contributed by atoms with van der Waals surface area (Å²) in [5.74, 6) is 0.558. The Morgan fingerprint density at radius 3 is 2.48 bits per heavy atom. The average molecular weight is 359 g/mol. The van der Waals surface area contributed by atoms with Crippen LogP contribution in [0.5, 0.6) is 0 Å². The van der Waals surface area contributed by atoms with Crippen molar-refractivity contribution < 1.29 is 9.59 Å². The standard InChI is InChI=1S/C24H25NO2/c1-24-12-11-23(27)25(2)22(24)10-6-18-14-16(4-8-20(18)24)15-3-7-19-17(13-15)5-9-21(19)26/h3-4,7-8,13-14,22H,5-6,9-12H2,1-2H3/t22-,24-/m1/s1. The molecule has 27 heavy (non-hydrogen) atoms. The van der Waals surface area contributed by atoms with Gasteiger partial charge in [0.25, 0.3) is 0 Å². The summed E-state index contributed by atoms with van der Waals surface area (Å²) in [6.07, 6.45) is 5.15. The van der Waals surface area contributed by atoms with Gasteiger partial charge in [-0.1, -0.05) is 43.3 Å². The lowest BCUT2D eigenvalue weighted by Crippen LogP contribution is -2.56. The van der Waals surface area contributed by atoms with Gasteiger partial charge in [-0.05, 0) is 53.5 Å². The summed E-state index contributed by atoms with van der Waals surface area (Å²) in [7, 11) is 1.97. The molecule has 138 valence electrons. The average Bonchev–Trinajstić information content (AvgIpc) is 3.05. The predicted octanol–water partition coefficient (Wildman–Crippen LogP) is 4.31. The van der Waals surface area contributed by atoms with Crippen LogP contribution in [0.3, 0.4) is 0 Å². The van der Waals surface area contributed by atoms with Gasteiger partial charge in [0, 0.05) is 36.9 Å². The van der Waals surface area contributed by atoms with Crippen molar-refractivity contribution in [1.82, 2.24) is 4.90 Å². The topological polar surface area (TPSA) is 37.4 Å². The first-order valence-corrected chi connectivity index (χ1v) is 10.0. The van der Waals surface area contributed by atoms with E-state index in [2.05, 4.69) is 37.3 Å². The van der Waals surface area contributed by atoms with Gasteiger partial charge in [-0.2, -0.15) is 0 Å². The minimum atomic E-state index is 0.0547. The van der Waals surface area contributed by atoms with E-state index in [9.17, 15) is 9.59 Å². The monoisotopic (exact) mass is 359 g/mol. The van der Waals surface area contributed by atoms with Crippen LogP contribution in [-0.2, 0) is 23.1 Å². The van der Waals surface area contributed by atoms with Crippen molar-refractivity contribution in [2.24, 2.45) is 0 Å². The van der Waals surface area contributed by atoms with E-state index in [0.29, 0.717) is 18.9 Å². The molecule has 2 aliphatic carbocycles. The van der Waals surface area contributed by atoms with E-state index in [0.717, 1.165) is 31.2 Å². The summed E-state index contributed by atoms with van der Waals surface area (Å²) >= 11 is 0. The number of rotatable bonds is 1. The number of benzene rings is 2. The predicted molar refractivity (Wildman–Crippen MR) is 106 cm³/mol. The largest absolute Gasteiger partial charge is 0.342 e. The Bertz CT molecular complexity index is 976. The molecule has 1 aliphatic heterocycles. The molecular weight excluding hydrogens is 334 g/mol. The molecule has 3 nitrogen and oxygen atoms in total. The number of aryl methyl sites for hydroxylation is 2. The number of likely N-dealkylation sites (tertiary alicyclic amines) is 1. The zero-order valence-corrected chi connectivity index (χ0v) is 16.0. The third kappa shape index (κ3) is 2.40. The minimum absolute atomic E-state index is 0.0547. The molecule has 5 rings (SSSR count). The summed E-state index contributed by atoms with van der Waals surface area (Å²) in [5.41, 5.74) is 7.42. The van der Waals surface area contributed by atoms with Crippen LogP contribution in [0, 0.1) is 0 Å². The van der Waals surface area contributed by atoms with Crippen LogP contribution in [0.25, 0.3) is 11.1 Å². The van der Waals surface area contributed by atoms with E-state index in [1.54, 1.807) is 0 Å². The maximum atomic E-state index is 12.2. The Morgan fingerprint density at radius 2 is 1.67 bits per heavy atom. The first-order chi connectivity index (χ1) is 13.0. The Hall–Kier alpha value is -2.42. The van der Waals surface area contributed by atoms with E-state index in [4.69, 9.17) is 0 Å². The van der Waals surface area contributed by atoms with Crippen LogP contribution in [0.2, 0.25) is 0 Å². The molecular formula is C24H25NO2. The second-order valence-corrected chi connectivity index (χ2v) is 8.64. The zero-order chi connectivity index (χ0) is 18.8. The molecule has 1 amide bonds. The molecule has 3 aliphatic rings. The van der Waals surface area contributed by atoms with Gasteiger partial charge < -0.3 is 4.90 Å². The van der Waals surface area contributed by atoms with Gasteiger partial charge >= 0.3 is 0 Å². The molecule has 1 heterocycles. The Labute approximate surface area is 160 Å². The SMILES string of the molecule is CN1C(=O)CC[C@]2(C)c3ccc(-c4ccc5c(c4)CCC5=O)cc3CC[C@@H]12. The van der Waals surface area contributed by atoms with E-state index in [1.807, 2.05) is 18.0 Å². The smallest absolute Gasteiger partial charge is 0.222 e. The highest BCUT2D eigenvalue weighted by molar-refractivity contribution is 6.01. The third-order valence-electron chi connectivity index (χ3n) is 7.22. The maximum absolute atomic E-state index is 12.2. The first kappa shape index (κ1) is 16.7. The van der Waals surface area contributed by atoms with E-state index in [1.165, 1.54) is 27.8 Å². The number of amides is 1. The number of carbonyl (C=O) groups is 2. The number of fused-ring (bicyclic) bond motifs is 4. The molecule has 2 aromatic carbocycles. The Balaban J connectivity index is 1.54. The molecule has 2 aromatic rings. The number of piperidine rings is 1. The van der Waals surface area contributed by atoms with Crippen LogP contribution in [-0.4, -0.2) is 29.7 Å². The molecule has 0 aromatic heterocycles. The number of hydrogen-bond acceptors (Lipinski definition) is 2. The third-order valence-corrected chi connectivity index (χ3v) is 7.22. The highest BCUT2D eigenvalue weighted by atomic mass is 16.2. The molecule has 0 bridgehead atoms. The van der Waals surface area contributed by atoms with Gasteiger partial charge in [-0.3, -0.25) is 9.59 Å². The highest BCUT2D eigenvalue weighted by Gasteiger charge is 2.46. The summed E-state index contributed by atoms with van der Waals surface area (Å²) in [6, 6.07) is 13.4. The molecule has 0 radical (unpaired) electrons. The number of hydrogen-bond donors (Lipinski definition) is 0. The van der Waals surface area contributed by atoms with Crippen molar-refractivity contribution in [3.05, 3.63) is 58.7 Å². The fourth-order valence-electron chi connectivity index (χ4n) is 5.60. The summed E-state index contributed by atoms with van der Waals surface area (Å²) in [4.78, 5) is 26.0. The van der Waals surface area contributed by atoms with Crippen molar-refractivity contribution in [3.8, 4) is 11.1 Å². The van der Waals surface area contributed by atoms with Crippen LogP contribution in [0.15, 0.2) is 36.4 Å². The normalized spacial score (nSPS) is 26.6. The lowest BCUT2D eigenvalue weighted by molar-refractivity contribution is -0.138. The van der Waals surface area contributed by atoms with Crippen molar-refractivity contribution in [2.45, 2.75) is 56.9 Å². The summed E-state index contributed by atoms with van der Waals surface area (Å²) in [5, 5.41) is 0. The molecule has 1 fully saturated rings. The fourth-order valence-corrected chi connectivity index (χ4v) is 5.60. The summed E-state index contributed by atoms with van der Waals surface area (Å²) < 4.78 is 0. The second kappa shape index (κ2) is 5.79. The van der Waals surface area contributed by atoms with Gasteiger partial charge in [0.05, 0.1) is 0 Å². The second-order valence-electron chi connectivity index (χ2n) is 8.64. The lowest BCUT2D eigenvalue weighted by Gasteiger charge is -2.50. The fraction of sp³-hybridized carbons (Fsp3) is 0.417. The molecule has 0 N–H and O–H groups in total. The Kier molecular flexibility index (Phi) is 3.59. The summed E-state index contributed by atoms with van der Waals surface area (Å²) in [6.45, 7) is 2.33. The number of Topliss-reactive ketones (excluding diaryl/α,β-unsaturated/α-hetero) is 1. The van der Waals surface area contributed by atoms with Gasteiger partial charge in [-0.15, -0.1) is 0 Å². The minimum Gasteiger partial charge on any atom is -0.342 e. The van der Waals surface area contributed by atoms with E-state index < -0.39 is 0 Å². The number of nitrogens with zero attached hydrogens (tertiary/aromatic N) is 1. The van der Waals surface area contributed by atoms with Gasteiger partial charge in [0.2, 0.25) is 5.91 Å². The van der Waals surface area contributed by atoms with Crippen LogP contribution in [0.1, 0.15) is 59.7 Å². The maximum Gasteiger partial charge on any atom is 0.222 e. The number of ketones is 1. The van der Waals surface area contributed by atoms with Crippen molar-refractivity contribution >= 4 is 11.7 Å². The van der Waals surface area contributed by atoms with Crippen molar-refractivity contribution in [1.29, 1.82) is 0 Å². The van der Waals surface area contributed by atoms with Crippen LogP contribution >= 0.6 is 0 Å². The molecule has 2 atom stereocenters. The van der Waals surface area contributed by atoms with Crippen molar-refractivity contribution in [2.75, 3.05) is 7.05 Å². The van der Waals surface area contributed by atoms with Crippen LogP contribution in [0.4, 0.5) is 0 Å². The van der Waals surface area contributed by atoms with Gasteiger partial charge in [-0.25, -0.2) is 0 Å². The molecule has 3 heteroatoms. The lowest BCUT2D eigenvalue weighted by atomic mass is 9.63. The van der Waals surface area contributed by atoms with Gasteiger partial charge in [0.15, 0.2) is 5.78 Å². The van der Waals surface area contributed by atoms with E-state index >= 15 is 0 Å². The van der Waals surface area contributed by atoms with Gasteiger partial charge in [0.1, 0.15) is 0 Å². The molecule has 1 saturated heterocycles. The van der Waals surface area contributed by atoms with Crippen molar-refractivity contribution in [3.63, 3.8) is 0 Å². The molecule has 0 saturated carbocycles. The first-order valence-electron chi connectivity index (χ1n) is 10.0. The number of likely N-dealkylation sites (N-methyl/N-ethyl adjacent to an activating group) is 1. The number of carbonyl (C=O) groups excluding carboxylic acids is 2.